The van der Waals surface area contributed by atoms with Gasteiger partial charge in [0.2, 0.25) is 0 Å². The number of fused-ring (bicyclic) bond motifs is 1. The van der Waals surface area contributed by atoms with Crippen LogP contribution in [0.5, 0.6) is 11.5 Å². The zero-order valence-corrected chi connectivity index (χ0v) is 16.1. The molecule has 6 heteroatoms. The topological polar surface area (TPSA) is 58.1 Å². The molecule has 0 bridgehead atoms. The van der Waals surface area contributed by atoms with Gasteiger partial charge in [-0.15, -0.1) is 0 Å². The highest BCUT2D eigenvalue weighted by Gasteiger charge is 2.11. The van der Waals surface area contributed by atoms with Crippen LogP contribution in [0.25, 0.3) is 0 Å². The Morgan fingerprint density at radius 3 is 2.50 bits per heavy atom. The summed E-state index contributed by atoms with van der Waals surface area (Å²) in [5, 5.41) is 6.67. The molecule has 0 atom stereocenters. The van der Waals surface area contributed by atoms with Crippen LogP contribution in [0.3, 0.4) is 0 Å². The van der Waals surface area contributed by atoms with Gasteiger partial charge in [0.25, 0.3) is 0 Å². The summed E-state index contributed by atoms with van der Waals surface area (Å²) in [7, 11) is 1.77. The number of guanidine groups is 1. The number of rotatable bonds is 4. The third-order valence-corrected chi connectivity index (χ3v) is 4.81. The van der Waals surface area contributed by atoms with E-state index in [2.05, 4.69) is 56.9 Å². The highest BCUT2D eigenvalue weighted by Crippen LogP contribution is 2.32. The van der Waals surface area contributed by atoms with Gasteiger partial charge in [0.05, 0.1) is 13.2 Å². The minimum absolute atomic E-state index is 0.674. The largest absolute Gasteiger partial charge is 0.490 e. The van der Waals surface area contributed by atoms with Crippen LogP contribution in [0.15, 0.2) is 59.6 Å². The fourth-order valence-electron chi connectivity index (χ4n) is 3.26. The molecule has 0 amide bonds. The fourth-order valence-corrected chi connectivity index (χ4v) is 3.26. The van der Waals surface area contributed by atoms with Gasteiger partial charge in [0.15, 0.2) is 17.5 Å². The number of aliphatic imine (C=N–C) groups is 1. The summed E-state index contributed by atoms with van der Waals surface area (Å²) < 4.78 is 11.4. The predicted octanol–water partition coefficient (Wildman–Crippen LogP) is 3.41. The van der Waals surface area contributed by atoms with Crippen LogP contribution in [0, 0.1) is 0 Å². The van der Waals surface area contributed by atoms with E-state index in [0.29, 0.717) is 25.7 Å². The van der Waals surface area contributed by atoms with E-state index in [1.54, 1.807) is 7.05 Å². The summed E-state index contributed by atoms with van der Waals surface area (Å²) >= 11 is 0. The van der Waals surface area contributed by atoms with Crippen LogP contribution < -0.4 is 25.0 Å². The molecule has 0 saturated carbocycles. The maximum absolute atomic E-state index is 5.75. The molecule has 2 aromatic carbocycles. The van der Waals surface area contributed by atoms with Crippen molar-refractivity contribution in [1.29, 1.82) is 0 Å². The first-order chi connectivity index (χ1) is 13.8. The second-order valence-electron chi connectivity index (χ2n) is 6.81. The van der Waals surface area contributed by atoms with Gasteiger partial charge in [-0.3, -0.25) is 4.99 Å². The SMILES string of the molecule is CN=C(NCc1ccc(N2CC=CC2)cc1)Nc1ccc2c(c1)OCCCO2. The number of nitrogens with zero attached hydrogens (tertiary/aromatic N) is 2. The lowest BCUT2D eigenvalue weighted by atomic mass is 10.2. The van der Waals surface area contributed by atoms with Gasteiger partial charge >= 0.3 is 0 Å². The summed E-state index contributed by atoms with van der Waals surface area (Å²) in [6, 6.07) is 14.5. The number of anilines is 2. The molecule has 2 aliphatic heterocycles. The molecule has 146 valence electrons. The lowest BCUT2D eigenvalue weighted by Gasteiger charge is -2.18. The van der Waals surface area contributed by atoms with Crippen molar-refractivity contribution in [3.63, 3.8) is 0 Å². The third-order valence-electron chi connectivity index (χ3n) is 4.81. The van der Waals surface area contributed by atoms with Crippen molar-refractivity contribution < 1.29 is 9.47 Å². The van der Waals surface area contributed by atoms with Crippen LogP contribution in [-0.4, -0.2) is 39.3 Å². The molecular formula is C22H26N4O2. The first kappa shape index (κ1) is 18.2. The molecule has 2 heterocycles. The Kier molecular flexibility index (Phi) is 5.66. The summed E-state index contributed by atoms with van der Waals surface area (Å²) in [4.78, 5) is 6.65. The zero-order valence-electron chi connectivity index (χ0n) is 16.1. The summed E-state index contributed by atoms with van der Waals surface area (Å²) in [5.74, 6) is 2.27. The van der Waals surface area contributed by atoms with E-state index in [0.717, 1.165) is 36.7 Å². The third kappa shape index (κ3) is 4.39. The Balaban J connectivity index is 1.34. The number of ether oxygens (including phenoxy) is 2. The molecule has 2 aliphatic rings. The van der Waals surface area contributed by atoms with E-state index < -0.39 is 0 Å². The maximum atomic E-state index is 5.75. The van der Waals surface area contributed by atoms with E-state index >= 15 is 0 Å². The Bertz CT molecular complexity index is 853. The smallest absolute Gasteiger partial charge is 0.195 e. The number of benzene rings is 2. The Labute approximate surface area is 165 Å². The van der Waals surface area contributed by atoms with E-state index in [4.69, 9.17) is 9.47 Å². The number of nitrogens with one attached hydrogen (secondary N) is 2. The van der Waals surface area contributed by atoms with Crippen molar-refractivity contribution in [2.24, 2.45) is 4.99 Å². The molecule has 0 saturated heterocycles. The van der Waals surface area contributed by atoms with Crippen molar-refractivity contribution >= 4 is 17.3 Å². The zero-order chi connectivity index (χ0) is 19.2. The molecule has 0 aliphatic carbocycles. The lowest BCUT2D eigenvalue weighted by Crippen LogP contribution is -2.30. The number of hydrogen-bond acceptors (Lipinski definition) is 4. The highest BCUT2D eigenvalue weighted by molar-refractivity contribution is 5.93. The minimum atomic E-state index is 0.674. The molecule has 4 rings (SSSR count). The summed E-state index contributed by atoms with van der Waals surface area (Å²) in [6.07, 6.45) is 5.29. The maximum Gasteiger partial charge on any atom is 0.195 e. The van der Waals surface area contributed by atoms with Crippen LogP contribution in [-0.2, 0) is 6.54 Å². The first-order valence-corrected chi connectivity index (χ1v) is 9.68. The van der Waals surface area contributed by atoms with Crippen molar-refractivity contribution in [2.45, 2.75) is 13.0 Å². The molecule has 2 aromatic rings. The first-order valence-electron chi connectivity index (χ1n) is 9.68. The Hall–Kier alpha value is -3.15. The average Bonchev–Trinajstić information content (AvgIpc) is 3.17. The molecular weight excluding hydrogens is 352 g/mol. The lowest BCUT2D eigenvalue weighted by molar-refractivity contribution is 0.297. The van der Waals surface area contributed by atoms with Gasteiger partial charge in [-0.1, -0.05) is 24.3 Å². The van der Waals surface area contributed by atoms with Gasteiger partial charge in [-0.05, 0) is 29.8 Å². The van der Waals surface area contributed by atoms with E-state index in [1.807, 2.05) is 18.2 Å². The number of hydrogen-bond donors (Lipinski definition) is 2. The fraction of sp³-hybridized carbons (Fsp3) is 0.318. The molecule has 28 heavy (non-hydrogen) atoms. The molecule has 0 radical (unpaired) electrons. The molecule has 0 aromatic heterocycles. The normalized spacial score (nSPS) is 16.0. The quantitative estimate of drug-likeness (QED) is 0.485. The Morgan fingerprint density at radius 1 is 1.00 bits per heavy atom. The van der Waals surface area contributed by atoms with Crippen LogP contribution in [0.1, 0.15) is 12.0 Å². The van der Waals surface area contributed by atoms with Crippen molar-refractivity contribution in [3.05, 3.63) is 60.2 Å². The van der Waals surface area contributed by atoms with Crippen LogP contribution >= 0.6 is 0 Å². The standard InChI is InChI=1S/C22H26N4O2/c1-23-22(25-18-7-10-20-21(15-18)28-14-4-13-27-20)24-16-17-5-8-19(9-6-17)26-11-2-3-12-26/h2-3,5-10,15H,4,11-14,16H2,1H3,(H2,23,24,25). The molecule has 0 unspecified atom stereocenters. The molecule has 0 fully saturated rings. The van der Waals surface area contributed by atoms with Gasteiger partial charge in [-0.25, -0.2) is 0 Å². The van der Waals surface area contributed by atoms with Gasteiger partial charge in [0, 0.05) is 50.5 Å². The van der Waals surface area contributed by atoms with Gasteiger partial charge in [-0.2, -0.15) is 0 Å². The summed E-state index contributed by atoms with van der Waals surface area (Å²) in [6.45, 7) is 4.04. The van der Waals surface area contributed by atoms with E-state index in [1.165, 1.54) is 11.3 Å². The predicted molar refractivity (Wildman–Crippen MR) is 114 cm³/mol. The van der Waals surface area contributed by atoms with Crippen molar-refractivity contribution in [1.82, 2.24) is 5.32 Å². The molecule has 6 nitrogen and oxygen atoms in total. The van der Waals surface area contributed by atoms with Crippen molar-refractivity contribution in [2.75, 3.05) is 43.6 Å². The molecule has 2 N–H and O–H groups in total. The highest BCUT2D eigenvalue weighted by atomic mass is 16.5. The average molecular weight is 378 g/mol. The van der Waals surface area contributed by atoms with Gasteiger partial charge < -0.3 is 25.0 Å². The van der Waals surface area contributed by atoms with Crippen molar-refractivity contribution in [3.8, 4) is 11.5 Å². The van der Waals surface area contributed by atoms with E-state index in [-0.39, 0.29) is 0 Å². The second-order valence-corrected chi connectivity index (χ2v) is 6.81. The molecule has 0 spiro atoms. The summed E-state index contributed by atoms with van der Waals surface area (Å²) in [5.41, 5.74) is 3.37. The second kappa shape index (κ2) is 8.69. The monoisotopic (exact) mass is 378 g/mol. The minimum Gasteiger partial charge on any atom is -0.490 e. The van der Waals surface area contributed by atoms with Gasteiger partial charge in [0.1, 0.15) is 0 Å². The van der Waals surface area contributed by atoms with Crippen LogP contribution in [0.4, 0.5) is 11.4 Å². The van der Waals surface area contributed by atoms with E-state index in [9.17, 15) is 0 Å². The van der Waals surface area contributed by atoms with Crippen LogP contribution in [0.2, 0.25) is 0 Å². The Morgan fingerprint density at radius 2 is 1.75 bits per heavy atom.